The van der Waals surface area contributed by atoms with Gasteiger partial charge in [0.25, 0.3) is 0 Å². The lowest BCUT2D eigenvalue weighted by molar-refractivity contribution is 0.115. The van der Waals surface area contributed by atoms with Gasteiger partial charge in [0.1, 0.15) is 5.82 Å². The fourth-order valence-electron chi connectivity index (χ4n) is 1.74. The van der Waals surface area contributed by atoms with E-state index in [9.17, 15) is 9.18 Å². The van der Waals surface area contributed by atoms with Crippen LogP contribution in [-0.4, -0.2) is 12.7 Å². The number of amides is 1. The number of hydrogen-bond acceptors (Lipinski definition) is 2. The number of carbonyl (C=O) groups is 1. The van der Waals surface area contributed by atoms with Crippen LogP contribution in [0.3, 0.4) is 0 Å². The Hall–Kier alpha value is -1.29. The van der Waals surface area contributed by atoms with Gasteiger partial charge in [-0.15, -0.1) is 0 Å². The van der Waals surface area contributed by atoms with E-state index in [4.69, 9.17) is 16.3 Å². The van der Waals surface area contributed by atoms with Crippen molar-refractivity contribution in [2.75, 3.05) is 6.61 Å². The van der Waals surface area contributed by atoms with Crippen molar-refractivity contribution < 1.29 is 13.9 Å². The van der Waals surface area contributed by atoms with Gasteiger partial charge in [0.15, 0.2) is 0 Å². The topological polar surface area (TPSA) is 38.3 Å². The molecule has 1 aromatic rings. The van der Waals surface area contributed by atoms with Crippen molar-refractivity contribution in [3.63, 3.8) is 0 Å². The van der Waals surface area contributed by atoms with Crippen LogP contribution in [0, 0.1) is 12.7 Å². The van der Waals surface area contributed by atoms with Crippen molar-refractivity contribution in [2.24, 2.45) is 0 Å². The third-order valence-electron chi connectivity index (χ3n) is 2.60. The molecule has 5 heteroatoms. The summed E-state index contributed by atoms with van der Waals surface area (Å²) in [4.78, 5) is 11.1. The molecule has 0 spiro atoms. The third-order valence-corrected chi connectivity index (χ3v) is 3.10. The monoisotopic (exact) mass is 243 g/mol. The molecule has 2 rings (SSSR count). The average Bonchev–Trinajstić information content (AvgIpc) is 2.24. The van der Waals surface area contributed by atoms with Crippen LogP contribution in [0.4, 0.5) is 9.18 Å². The highest BCUT2D eigenvalue weighted by Gasteiger charge is 2.26. The lowest BCUT2D eigenvalue weighted by atomic mass is 10.0. The summed E-state index contributed by atoms with van der Waals surface area (Å²) in [5.74, 6) is -0.400. The summed E-state index contributed by atoms with van der Waals surface area (Å²) in [6.45, 7) is 2.08. The van der Waals surface area contributed by atoms with Gasteiger partial charge < -0.3 is 10.1 Å². The number of rotatable bonds is 1. The van der Waals surface area contributed by atoms with Gasteiger partial charge in [-0.1, -0.05) is 17.7 Å². The number of halogens is 2. The molecule has 1 heterocycles. The molecule has 1 aliphatic rings. The number of ether oxygens (including phenoxy) is 1. The SMILES string of the molecule is Cc1ccc(F)c([C@@H]2CCOC(=O)N2)c1Cl. The minimum absolute atomic E-state index is 0.278. The number of aryl methyl sites for hydroxylation is 1. The van der Waals surface area contributed by atoms with E-state index in [1.165, 1.54) is 6.07 Å². The summed E-state index contributed by atoms with van der Waals surface area (Å²) in [5.41, 5.74) is 1.14. The maximum atomic E-state index is 13.7. The molecule has 1 saturated heterocycles. The largest absolute Gasteiger partial charge is 0.449 e. The zero-order valence-corrected chi connectivity index (χ0v) is 9.47. The van der Waals surface area contributed by atoms with E-state index in [2.05, 4.69) is 5.32 Å². The quantitative estimate of drug-likeness (QED) is 0.824. The maximum Gasteiger partial charge on any atom is 0.407 e. The Kier molecular flexibility index (Phi) is 3.01. The second kappa shape index (κ2) is 4.29. The Balaban J connectivity index is 2.39. The Morgan fingerprint density at radius 3 is 3.00 bits per heavy atom. The summed E-state index contributed by atoms with van der Waals surface area (Å²) >= 11 is 6.05. The van der Waals surface area contributed by atoms with Crippen LogP contribution < -0.4 is 5.32 Å². The Morgan fingerprint density at radius 2 is 2.31 bits per heavy atom. The van der Waals surface area contributed by atoms with Crippen LogP contribution in [0.15, 0.2) is 12.1 Å². The first-order chi connectivity index (χ1) is 7.59. The second-order valence-electron chi connectivity index (χ2n) is 3.71. The van der Waals surface area contributed by atoms with Crippen LogP contribution in [0.5, 0.6) is 0 Å². The summed E-state index contributed by atoms with van der Waals surface area (Å²) in [6.07, 6.45) is -0.0144. The van der Waals surface area contributed by atoms with Crippen LogP contribution in [0.25, 0.3) is 0 Å². The lowest BCUT2D eigenvalue weighted by Crippen LogP contribution is -2.36. The van der Waals surface area contributed by atoms with Crippen LogP contribution in [0.2, 0.25) is 5.02 Å². The molecule has 1 aromatic carbocycles. The molecule has 0 aliphatic carbocycles. The highest BCUT2D eigenvalue weighted by Crippen LogP contribution is 2.31. The highest BCUT2D eigenvalue weighted by molar-refractivity contribution is 6.32. The minimum Gasteiger partial charge on any atom is -0.449 e. The first-order valence-corrected chi connectivity index (χ1v) is 5.35. The average molecular weight is 244 g/mol. The minimum atomic E-state index is -0.534. The molecule has 86 valence electrons. The van der Waals surface area contributed by atoms with Crippen molar-refractivity contribution in [1.82, 2.24) is 5.32 Å². The Labute approximate surface area is 97.5 Å². The Bertz CT molecular complexity index is 436. The van der Waals surface area contributed by atoms with Gasteiger partial charge in [0, 0.05) is 12.0 Å². The van der Waals surface area contributed by atoms with Gasteiger partial charge in [-0.2, -0.15) is 0 Å². The summed E-state index contributed by atoms with van der Waals surface area (Å²) in [5, 5.41) is 2.92. The number of hydrogen-bond donors (Lipinski definition) is 1. The van der Waals surface area contributed by atoms with Crippen molar-refractivity contribution in [1.29, 1.82) is 0 Å². The van der Waals surface area contributed by atoms with E-state index < -0.39 is 18.0 Å². The fourth-order valence-corrected chi connectivity index (χ4v) is 2.02. The predicted molar refractivity (Wildman–Crippen MR) is 58.0 cm³/mol. The zero-order valence-electron chi connectivity index (χ0n) is 8.72. The van der Waals surface area contributed by atoms with E-state index in [1.807, 2.05) is 0 Å². The summed E-state index contributed by atoms with van der Waals surface area (Å²) in [6, 6.07) is 2.56. The second-order valence-corrected chi connectivity index (χ2v) is 4.09. The predicted octanol–water partition coefficient (Wildman–Crippen LogP) is 2.96. The molecule has 0 radical (unpaired) electrons. The molecule has 1 fully saturated rings. The number of carbonyl (C=O) groups excluding carboxylic acids is 1. The molecule has 0 unspecified atom stereocenters. The number of nitrogens with one attached hydrogen (secondary N) is 1. The molecule has 0 aromatic heterocycles. The molecule has 1 aliphatic heterocycles. The first-order valence-electron chi connectivity index (χ1n) is 4.97. The molecule has 1 amide bonds. The fraction of sp³-hybridized carbons (Fsp3) is 0.364. The highest BCUT2D eigenvalue weighted by atomic mass is 35.5. The molecule has 1 atom stereocenters. The van der Waals surface area contributed by atoms with E-state index >= 15 is 0 Å². The summed E-state index contributed by atoms with van der Waals surface area (Å²) in [7, 11) is 0. The van der Waals surface area contributed by atoms with Gasteiger partial charge in [-0.3, -0.25) is 0 Å². The number of benzene rings is 1. The van der Waals surface area contributed by atoms with E-state index in [0.29, 0.717) is 17.0 Å². The van der Waals surface area contributed by atoms with Crippen molar-refractivity contribution >= 4 is 17.7 Å². The van der Waals surface area contributed by atoms with Gasteiger partial charge in [0.2, 0.25) is 0 Å². The van der Waals surface area contributed by atoms with E-state index in [1.54, 1.807) is 13.0 Å². The molecule has 3 nitrogen and oxygen atoms in total. The van der Waals surface area contributed by atoms with Crippen molar-refractivity contribution in [2.45, 2.75) is 19.4 Å². The maximum absolute atomic E-state index is 13.7. The molecule has 0 saturated carbocycles. The zero-order chi connectivity index (χ0) is 11.7. The smallest absolute Gasteiger partial charge is 0.407 e. The standard InChI is InChI=1S/C11H11ClFNO2/c1-6-2-3-7(13)9(10(6)12)8-4-5-16-11(15)14-8/h2-3,8H,4-5H2,1H3,(H,14,15)/t8-/m0/s1. The summed E-state index contributed by atoms with van der Waals surface area (Å²) < 4.78 is 18.4. The van der Waals surface area contributed by atoms with Crippen LogP contribution in [0.1, 0.15) is 23.6 Å². The molecule has 16 heavy (non-hydrogen) atoms. The van der Waals surface area contributed by atoms with Gasteiger partial charge in [-0.05, 0) is 18.6 Å². The van der Waals surface area contributed by atoms with Gasteiger partial charge >= 0.3 is 6.09 Å². The Morgan fingerprint density at radius 1 is 1.56 bits per heavy atom. The molecule has 1 N–H and O–H groups in total. The third kappa shape index (κ3) is 1.97. The first kappa shape index (κ1) is 11.2. The normalized spacial score (nSPS) is 20.2. The van der Waals surface area contributed by atoms with Crippen LogP contribution >= 0.6 is 11.6 Å². The van der Waals surface area contributed by atoms with Crippen molar-refractivity contribution in [3.8, 4) is 0 Å². The molecule has 0 bridgehead atoms. The number of alkyl carbamates (subject to hydrolysis) is 1. The van der Waals surface area contributed by atoms with Gasteiger partial charge in [0.05, 0.1) is 17.7 Å². The van der Waals surface area contributed by atoms with Gasteiger partial charge in [-0.25, -0.2) is 9.18 Å². The number of cyclic esters (lactones) is 1. The van der Waals surface area contributed by atoms with Crippen molar-refractivity contribution in [3.05, 3.63) is 34.1 Å². The van der Waals surface area contributed by atoms with E-state index in [-0.39, 0.29) is 6.61 Å². The van der Waals surface area contributed by atoms with E-state index in [0.717, 1.165) is 5.56 Å². The molecular formula is C11H11ClFNO2. The molecular weight excluding hydrogens is 233 g/mol. The lowest BCUT2D eigenvalue weighted by Gasteiger charge is -2.25. The van der Waals surface area contributed by atoms with Crippen LogP contribution in [-0.2, 0) is 4.74 Å².